The molecule has 0 bridgehead atoms. The molecule has 1 heterocycles. The van der Waals surface area contributed by atoms with Gasteiger partial charge in [-0.05, 0) is 34.7 Å². The number of hydrogen-bond donors (Lipinski definition) is 3. The minimum absolute atomic E-state index is 0.278. The molecule has 1 unspecified atom stereocenters. The van der Waals surface area contributed by atoms with Crippen molar-refractivity contribution in [2.24, 2.45) is 5.92 Å². The van der Waals surface area contributed by atoms with Crippen molar-refractivity contribution in [2.45, 2.75) is 18.9 Å². The van der Waals surface area contributed by atoms with Crippen molar-refractivity contribution in [3.8, 4) is 0 Å². The molecule has 88 valence electrons. The van der Waals surface area contributed by atoms with Crippen LogP contribution in [0.1, 0.15) is 12.8 Å². The number of anilines is 2. The van der Waals surface area contributed by atoms with E-state index in [9.17, 15) is 5.11 Å². The van der Waals surface area contributed by atoms with Gasteiger partial charge >= 0.3 is 0 Å². The Morgan fingerprint density at radius 1 is 1.50 bits per heavy atom. The second-order valence-electron chi connectivity index (χ2n) is 3.92. The molecule has 16 heavy (non-hydrogen) atoms. The van der Waals surface area contributed by atoms with Gasteiger partial charge < -0.3 is 15.7 Å². The van der Waals surface area contributed by atoms with E-state index < -0.39 is 0 Å². The second kappa shape index (κ2) is 4.97. The summed E-state index contributed by atoms with van der Waals surface area (Å²) in [5.74, 6) is 1.91. The van der Waals surface area contributed by atoms with Crippen molar-refractivity contribution in [1.82, 2.24) is 9.97 Å². The first-order valence-corrected chi connectivity index (χ1v) is 6.12. The zero-order valence-electron chi connectivity index (χ0n) is 9.07. The minimum Gasteiger partial charge on any atom is -0.391 e. The van der Waals surface area contributed by atoms with E-state index in [0.29, 0.717) is 18.3 Å². The number of halogens is 1. The van der Waals surface area contributed by atoms with Crippen LogP contribution in [0.25, 0.3) is 0 Å². The summed E-state index contributed by atoms with van der Waals surface area (Å²) in [5, 5.41) is 15.8. The van der Waals surface area contributed by atoms with Gasteiger partial charge in [-0.25, -0.2) is 9.97 Å². The summed E-state index contributed by atoms with van der Waals surface area (Å²) in [6.07, 6.45) is 3.48. The van der Waals surface area contributed by atoms with E-state index in [2.05, 4.69) is 36.5 Å². The summed E-state index contributed by atoms with van der Waals surface area (Å²) >= 11 is 3.41. The van der Waals surface area contributed by atoms with Crippen molar-refractivity contribution >= 4 is 27.6 Å². The van der Waals surface area contributed by atoms with Crippen LogP contribution < -0.4 is 10.6 Å². The van der Waals surface area contributed by atoms with Crippen LogP contribution in [-0.2, 0) is 0 Å². The van der Waals surface area contributed by atoms with Crippen LogP contribution >= 0.6 is 15.9 Å². The molecular formula is C10H15BrN4O. The van der Waals surface area contributed by atoms with E-state index in [0.717, 1.165) is 23.1 Å². The second-order valence-corrected chi connectivity index (χ2v) is 4.71. The quantitative estimate of drug-likeness (QED) is 0.765. The van der Waals surface area contributed by atoms with Crippen LogP contribution in [0.3, 0.4) is 0 Å². The lowest BCUT2D eigenvalue weighted by molar-refractivity contribution is 0.164. The summed E-state index contributed by atoms with van der Waals surface area (Å²) in [6, 6.07) is 0. The maximum absolute atomic E-state index is 9.73. The number of aliphatic hydroxyl groups is 1. The molecule has 1 aromatic rings. The molecule has 1 aliphatic carbocycles. The maximum Gasteiger partial charge on any atom is 0.146 e. The molecule has 0 aliphatic heterocycles. The Hall–Kier alpha value is -0.880. The average Bonchev–Trinajstić information content (AvgIpc) is 3.11. The normalized spacial score (nSPS) is 16.9. The third-order valence-electron chi connectivity index (χ3n) is 2.67. The molecule has 1 saturated carbocycles. The number of nitrogens with one attached hydrogen (secondary N) is 2. The molecule has 1 atom stereocenters. The molecule has 0 spiro atoms. The molecule has 1 fully saturated rings. The zero-order chi connectivity index (χ0) is 11.5. The van der Waals surface area contributed by atoms with Crippen molar-refractivity contribution < 1.29 is 5.11 Å². The molecule has 0 aromatic carbocycles. The van der Waals surface area contributed by atoms with Gasteiger partial charge in [0.05, 0.1) is 6.10 Å². The highest BCUT2D eigenvalue weighted by molar-refractivity contribution is 9.10. The predicted molar refractivity (Wildman–Crippen MR) is 66.5 cm³/mol. The van der Waals surface area contributed by atoms with E-state index in [1.807, 2.05) is 0 Å². The van der Waals surface area contributed by atoms with Crippen molar-refractivity contribution in [3.63, 3.8) is 0 Å². The van der Waals surface area contributed by atoms with E-state index in [-0.39, 0.29) is 6.10 Å². The third kappa shape index (κ3) is 2.62. The van der Waals surface area contributed by atoms with Gasteiger partial charge in [-0.3, -0.25) is 0 Å². The molecule has 0 amide bonds. The number of aliphatic hydroxyl groups excluding tert-OH is 1. The summed E-state index contributed by atoms with van der Waals surface area (Å²) in [5.41, 5.74) is 0. The Morgan fingerprint density at radius 2 is 2.19 bits per heavy atom. The highest BCUT2D eigenvalue weighted by atomic mass is 79.9. The van der Waals surface area contributed by atoms with E-state index in [1.54, 1.807) is 7.05 Å². The monoisotopic (exact) mass is 286 g/mol. The third-order valence-corrected chi connectivity index (χ3v) is 3.42. The lowest BCUT2D eigenvalue weighted by Crippen LogP contribution is -2.22. The standard InChI is InChI=1S/C10H15BrN4O/c1-12-9-8(11)10(15-5-14-9)13-4-7(16)6-2-3-6/h5-7,16H,2-4H2,1H3,(H2,12,13,14,15). The fourth-order valence-electron chi connectivity index (χ4n) is 1.52. The van der Waals surface area contributed by atoms with Crippen LogP contribution in [-0.4, -0.2) is 34.8 Å². The molecule has 3 N–H and O–H groups in total. The van der Waals surface area contributed by atoms with Gasteiger partial charge in [0.25, 0.3) is 0 Å². The van der Waals surface area contributed by atoms with Crippen molar-refractivity contribution in [2.75, 3.05) is 24.2 Å². The van der Waals surface area contributed by atoms with Crippen LogP contribution in [0.2, 0.25) is 0 Å². The van der Waals surface area contributed by atoms with Crippen LogP contribution in [0.5, 0.6) is 0 Å². The molecule has 1 aliphatic rings. The molecule has 5 nitrogen and oxygen atoms in total. The molecule has 0 saturated heterocycles. The highest BCUT2D eigenvalue weighted by Crippen LogP contribution is 2.33. The van der Waals surface area contributed by atoms with Crippen LogP contribution in [0, 0.1) is 5.92 Å². The van der Waals surface area contributed by atoms with Gasteiger partial charge in [0, 0.05) is 13.6 Å². The Labute approximate surface area is 103 Å². The Bertz CT molecular complexity index is 370. The summed E-state index contributed by atoms with van der Waals surface area (Å²) in [6.45, 7) is 0.531. The van der Waals surface area contributed by atoms with Gasteiger partial charge in [0.2, 0.25) is 0 Å². The largest absolute Gasteiger partial charge is 0.391 e. The van der Waals surface area contributed by atoms with Crippen molar-refractivity contribution in [1.29, 1.82) is 0 Å². The highest BCUT2D eigenvalue weighted by Gasteiger charge is 2.29. The number of rotatable bonds is 5. The van der Waals surface area contributed by atoms with Crippen LogP contribution in [0.4, 0.5) is 11.6 Å². The lowest BCUT2D eigenvalue weighted by Gasteiger charge is -2.13. The summed E-state index contributed by atoms with van der Waals surface area (Å²) in [7, 11) is 1.80. The molecule has 2 rings (SSSR count). The fraction of sp³-hybridized carbons (Fsp3) is 0.600. The first-order valence-electron chi connectivity index (χ1n) is 5.32. The number of hydrogen-bond acceptors (Lipinski definition) is 5. The topological polar surface area (TPSA) is 70.1 Å². The summed E-state index contributed by atoms with van der Waals surface area (Å²) < 4.78 is 0.792. The number of nitrogens with zero attached hydrogens (tertiary/aromatic N) is 2. The van der Waals surface area contributed by atoms with Gasteiger partial charge in [-0.2, -0.15) is 0 Å². The van der Waals surface area contributed by atoms with Gasteiger partial charge in [0.1, 0.15) is 22.4 Å². The average molecular weight is 287 g/mol. The first kappa shape index (κ1) is 11.6. The van der Waals surface area contributed by atoms with Crippen LogP contribution in [0.15, 0.2) is 10.8 Å². The van der Waals surface area contributed by atoms with E-state index >= 15 is 0 Å². The molecule has 6 heteroatoms. The summed E-state index contributed by atoms with van der Waals surface area (Å²) in [4.78, 5) is 8.18. The minimum atomic E-state index is -0.278. The van der Waals surface area contributed by atoms with Gasteiger partial charge in [-0.1, -0.05) is 0 Å². The van der Waals surface area contributed by atoms with E-state index in [1.165, 1.54) is 6.33 Å². The Kier molecular flexibility index (Phi) is 3.60. The van der Waals surface area contributed by atoms with Gasteiger partial charge in [0.15, 0.2) is 0 Å². The molecular weight excluding hydrogens is 272 g/mol. The Balaban J connectivity index is 1.97. The Morgan fingerprint density at radius 3 is 2.81 bits per heavy atom. The maximum atomic E-state index is 9.73. The molecule has 0 radical (unpaired) electrons. The fourth-order valence-corrected chi connectivity index (χ4v) is 2.06. The van der Waals surface area contributed by atoms with Crippen molar-refractivity contribution in [3.05, 3.63) is 10.8 Å². The van der Waals surface area contributed by atoms with Gasteiger partial charge in [-0.15, -0.1) is 0 Å². The smallest absolute Gasteiger partial charge is 0.146 e. The zero-order valence-corrected chi connectivity index (χ0v) is 10.7. The lowest BCUT2D eigenvalue weighted by atomic mass is 10.2. The predicted octanol–water partition coefficient (Wildman–Crippen LogP) is 1.46. The first-order chi connectivity index (χ1) is 7.72. The SMILES string of the molecule is CNc1ncnc(NCC(O)C2CC2)c1Br. The molecule has 1 aromatic heterocycles. The van der Waals surface area contributed by atoms with E-state index in [4.69, 9.17) is 0 Å². The number of aromatic nitrogens is 2.